The van der Waals surface area contributed by atoms with Crippen LogP contribution in [0.25, 0.3) is 0 Å². The van der Waals surface area contributed by atoms with E-state index in [1.54, 1.807) is 5.23 Å². The van der Waals surface area contributed by atoms with Crippen molar-refractivity contribution in [1.29, 1.82) is 0 Å². The molecule has 2 aromatic rings. The molecule has 0 bridgehead atoms. The fourth-order valence-electron chi connectivity index (χ4n) is 2.91. The van der Waals surface area contributed by atoms with Crippen molar-refractivity contribution in [2.24, 2.45) is 5.92 Å². The van der Waals surface area contributed by atoms with E-state index in [1.165, 1.54) is 5.56 Å². The van der Waals surface area contributed by atoms with Crippen molar-refractivity contribution in [3.05, 3.63) is 71.3 Å². The average molecular weight is 390 g/mol. The highest BCUT2D eigenvalue weighted by molar-refractivity contribution is 6.17. The molecule has 2 atom stereocenters. The average Bonchev–Trinajstić information content (AvgIpc) is 2.61. The predicted molar refractivity (Wildman–Crippen MR) is 112 cm³/mol. The van der Waals surface area contributed by atoms with Crippen molar-refractivity contribution in [2.75, 3.05) is 0 Å². The van der Waals surface area contributed by atoms with E-state index < -0.39 is 0 Å². The molecule has 0 aliphatic rings. The molecule has 0 fully saturated rings. The predicted octanol–water partition coefficient (Wildman–Crippen LogP) is 6.85. The van der Waals surface area contributed by atoms with Crippen LogP contribution in [0.4, 0.5) is 0 Å². The molecule has 3 nitrogen and oxygen atoms in total. The Balaban J connectivity index is 2.29. The highest BCUT2D eigenvalue weighted by Crippen LogP contribution is 2.34. The van der Waals surface area contributed by atoms with E-state index in [0.29, 0.717) is 11.8 Å². The number of rotatable bonds is 8. The number of hydrogen-bond donors (Lipinski definition) is 0. The second-order valence-electron chi connectivity index (χ2n) is 8.21. The van der Waals surface area contributed by atoms with Crippen LogP contribution in [-0.2, 0) is 15.6 Å². The summed E-state index contributed by atoms with van der Waals surface area (Å²) in [7, 11) is 0. The molecule has 0 aliphatic carbocycles. The van der Waals surface area contributed by atoms with Crippen LogP contribution in [0.15, 0.2) is 54.6 Å². The van der Waals surface area contributed by atoms with Gasteiger partial charge in [-0.1, -0.05) is 73.7 Å². The van der Waals surface area contributed by atoms with E-state index in [0.717, 1.165) is 11.1 Å². The molecular formula is C23H32ClNO2. The van der Waals surface area contributed by atoms with Gasteiger partial charge >= 0.3 is 0 Å². The van der Waals surface area contributed by atoms with Crippen molar-refractivity contribution in [1.82, 2.24) is 5.23 Å². The van der Waals surface area contributed by atoms with Gasteiger partial charge in [-0.3, -0.25) is 9.68 Å². The van der Waals surface area contributed by atoms with E-state index in [1.807, 2.05) is 58.0 Å². The zero-order valence-corrected chi connectivity index (χ0v) is 18.0. The van der Waals surface area contributed by atoms with Crippen molar-refractivity contribution in [3.63, 3.8) is 0 Å². The molecule has 0 radical (unpaired) electrons. The van der Waals surface area contributed by atoms with Crippen molar-refractivity contribution in [3.8, 4) is 0 Å². The lowest BCUT2D eigenvalue weighted by Gasteiger charge is -2.38. The lowest BCUT2D eigenvalue weighted by Crippen LogP contribution is -2.39. The zero-order chi connectivity index (χ0) is 20.0. The van der Waals surface area contributed by atoms with Gasteiger partial charge in [0.2, 0.25) is 0 Å². The molecule has 4 heteroatoms. The molecule has 148 valence electrons. The van der Waals surface area contributed by atoms with Gasteiger partial charge in [0.15, 0.2) is 0 Å². The maximum absolute atomic E-state index is 6.34. The molecule has 2 rings (SSSR count). The Morgan fingerprint density at radius 1 is 0.889 bits per heavy atom. The molecule has 0 aromatic heterocycles. The van der Waals surface area contributed by atoms with E-state index in [-0.39, 0.29) is 17.7 Å². The fourth-order valence-corrected chi connectivity index (χ4v) is 3.09. The van der Waals surface area contributed by atoms with Crippen LogP contribution in [0, 0.1) is 5.92 Å². The van der Waals surface area contributed by atoms with Crippen LogP contribution in [0.1, 0.15) is 70.4 Å². The summed E-state index contributed by atoms with van der Waals surface area (Å²) in [6.45, 7) is 12.5. The van der Waals surface area contributed by atoms with Gasteiger partial charge in [-0.2, -0.15) is 0 Å². The first-order valence-corrected chi connectivity index (χ1v) is 10.1. The molecule has 0 saturated heterocycles. The molecular weight excluding hydrogens is 358 g/mol. The monoisotopic (exact) mass is 389 g/mol. The molecule has 2 unspecified atom stereocenters. The number of hydroxylamine groups is 2. The van der Waals surface area contributed by atoms with Gasteiger partial charge in [0.25, 0.3) is 0 Å². The van der Waals surface area contributed by atoms with E-state index in [9.17, 15) is 0 Å². The van der Waals surface area contributed by atoms with Gasteiger partial charge in [0, 0.05) is 5.88 Å². The van der Waals surface area contributed by atoms with E-state index >= 15 is 0 Å². The summed E-state index contributed by atoms with van der Waals surface area (Å²) in [5, 5.41) is 1.69. The minimum Gasteiger partial charge on any atom is -0.268 e. The van der Waals surface area contributed by atoms with Gasteiger partial charge in [-0.15, -0.1) is 11.6 Å². The third-order valence-corrected chi connectivity index (χ3v) is 4.54. The molecule has 0 amide bonds. The lowest BCUT2D eigenvalue weighted by molar-refractivity contribution is -0.440. The lowest BCUT2D eigenvalue weighted by atomic mass is 9.97. The second kappa shape index (κ2) is 9.70. The van der Waals surface area contributed by atoms with E-state index in [4.69, 9.17) is 21.3 Å². The van der Waals surface area contributed by atoms with Crippen molar-refractivity contribution < 1.29 is 9.68 Å². The van der Waals surface area contributed by atoms with Crippen LogP contribution >= 0.6 is 11.6 Å². The zero-order valence-electron chi connectivity index (χ0n) is 17.3. The summed E-state index contributed by atoms with van der Waals surface area (Å²) in [6.07, 6.45) is -0.151. The topological polar surface area (TPSA) is 21.7 Å². The van der Waals surface area contributed by atoms with Crippen LogP contribution in [-0.4, -0.2) is 10.8 Å². The van der Waals surface area contributed by atoms with Crippen LogP contribution in [0.3, 0.4) is 0 Å². The first-order chi connectivity index (χ1) is 12.7. The smallest absolute Gasteiger partial charge is 0.104 e. The van der Waals surface area contributed by atoms with Crippen LogP contribution < -0.4 is 0 Å². The number of nitrogens with zero attached hydrogens (tertiary/aromatic N) is 1. The largest absolute Gasteiger partial charge is 0.268 e. The van der Waals surface area contributed by atoms with Gasteiger partial charge in [0.05, 0.1) is 11.6 Å². The summed E-state index contributed by atoms with van der Waals surface area (Å²) in [6, 6.07) is 18.5. The van der Waals surface area contributed by atoms with Gasteiger partial charge < -0.3 is 0 Å². The number of benzene rings is 2. The summed E-state index contributed by atoms with van der Waals surface area (Å²) < 4.78 is 0. The highest BCUT2D eigenvalue weighted by atomic mass is 35.5. The van der Waals surface area contributed by atoms with E-state index in [2.05, 4.69) is 38.1 Å². The summed E-state index contributed by atoms with van der Waals surface area (Å²) in [4.78, 5) is 12.6. The Morgan fingerprint density at radius 3 is 1.96 bits per heavy atom. The Hall–Kier alpha value is -1.39. The third-order valence-electron chi connectivity index (χ3n) is 4.23. The number of halogens is 1. The molecule has 2 aromatic carbocycles. The van der Waals surface area contributed by atoms with Crippen molar-refractivity contribution in [2.45, 2.75) is 65.2 Å². The first-order valence-electron chi connectivity index (χ1n) is 9.56. The summed E-state index contributed by atoms with van der Waals surface area (Å²) >= 11 is 5.90. The SMILES string of the molecule is CC(ON(OC(C)(C)C)C(c1ccccc1)C(C)C)c1ccc(CCl)cc1. The molecule has 0 N–H and O–H groups in total. The van der Waals surface area contributed by atoms with Crippen LogP contribution in [0.2, 0.25) is 0 Å². The number of alkyl halides is 1. The second-order valence-corrected chi connectivity index (χ2v) is 8.48. The Kier molecular flexibility index (Phi) is 7.87. The highest BCUT2D eigenvalue weighted by Gasteiger charge is 2.31. The Labute approximate surface area is 169 Å². The van der Waals surface area contributed by atoms with Crippen molar-refractivity contribution >= 4 is 11.6 Å². The fraction of sp³-hybridized carbons (Fsp3) is 0.478. The van der Waals surface area contributed by atoms with Gasteiger partial charge in [0.1, 0.15) is 6.10 Å². The third kappa shape index (κ3) is 6.62. The number of hydrogen-bond acceptors (Lipinski definition) is 3. The van der Waals surface area contributed by atoms with Gasteiger partial charge in [-0.25, -0.2) is 0 Å². The quantitative estimate of drug-likeness (QED) is 0.364. The maximum atomic E-state index is 6.34. The summed E-state index contributed by atoms with van der Waals surface area (Å²) in [5.74, 6) is 0.818. The van der Waals surface area contributed by atoms with Gasteiger partial charge in [-0.05, 0) is 50.3 Å². The minimum absolute atomic E-state index is 0.0185. The normalized spacial score (nSPS) is 14.6. The summed E-state index contributed by atoms with van der Waals surface area (Å²) in [5.41, 5.74) is 2.98. The standard InChI is InChI=1S/C23H32ClNO2/c1-17(2)22(21-10-8-7-9-11-21)25(27-23(4,5)6)26-18(3)20-14-12-19(16-24)13-15-20/h7-15,17-18,22H,16H2,1-6H3. The molecule has 0 aliphatic heterocycles. The Bertz CT molecular complexity index is 680. The first kappa shape index (κ1) is 21.9. The molecule has 0 spiro atoms. The van der Waals surface area contributed by atoms with Crippen LogP contribution in [0.5, 0.6) is 0 Å². The molecule has 27 heavy (non-hydrogen) atoms. The molecule has 0 heterocycles. The Morgan fingerprint density at radius 2 is 1.48 bits per heavy atom. The minimum atomic E-state index is -0.371. The molecule has 0 saturated carbocycles. The maximum Gasteiger partial charge on any atom is 0.104 e.